The standard InChI is InChI=1S/C50H54N4O6S/c1-35-16-26-44(27-17-35)61(57,58)53-46(31-37-11-5-4-6-12-37)49(56)52-32-42-13-7-8-15-45(42)39-22-24-41(25-23-39)50-59-47(33-54(3)30-28-43-14-9-10-29-51-43)36(2)48(60-50)40-20-18-38(34-55)19-21-40/h4-27,29,36,46-48,50,53,55H,28,30-34H2,1-3H3,(H,52,56). The average molecular weight is 839 g/mol. The van der Waals surface area contributed by atoms with E-state index in [-0.39, 0.29) is 42.6 Å². The number of aliphatic hydroxyl groups is 1. The molecule has 1 saturated heterocycles. The fourth-order valence-corrected chi connectivity index (χ4v) is 8.87. The van der Waals surface area contributed by atoms with Crippen LogP contribution < -0.4 is 10.0 Å². The number of benzene rings is 5. The lowest BCUT2D eigenvalue weighted by Gasteiger charge is -2.42. The van der Waals surface area contributed by atoms with Crippen LogP contribution in [0, 0.1) is 12.8 Å². The molecule has 10 nitrogen and oxygen atoms in total. The second-order valence-corrected chi connectivity index (χ2v) is 17.5. The summed E-state index contributed by atoms with van der Waals surface area (Å²) < 4.78 is 43.1. The van der Waals surface area contributed by atoms with Gasteiger partial charge < -0.3 is 24.8 Å². The van der Waals surface area contributed by atoms with Crippen molar-refractivity contribution in [1.29, 1.82) is 0 Å². The number of carbonyl (C=O) groups is 1. The van der Waals surface area contributed by atoms with Crippen molar-refractivity contribution >= 4 is 15.9 Å². The van der Waals surface area contributed by atoms with Crippen LogP contribution >= 0.6 is 0 Å². The van der Waals surface area contributed by atoms with Crippen molar-refractivity contribution in [3.63, 3.8) is 0 Å². The minimum Gasteiger partial charge on any atom is -0.392 e. The van der Waals surface area contributed by atoms with E-state index in [0.29, 0.717) is 6.54 Å². The van der Waals surface area contributed by atoms with Crippen LogP contribution in [0.25, 0.3) is 11.1 Å². The fraction of sp³-hybridized carbons (Fsp3) is 0.280. The van der Waals surface area contributed by atoms with E-state index in [4.69, 9.17) is 9.47 Å². The Morgan fingerprint density at radius 2 is 1.49 bits per heavy atom. The minimum atomic E-state index is -3.98. The number of rotatable bonds is 17. The summed E-state index contributed by atoms with van der Waals surface area (Å²) in [5, 5.41) is 12.7. The number of nitrogens with zero attached hydrogens (tertiary/aromatic N) is 2. The van der Waals surface area contributed by atoms with Gasteiger partial charge in [0.25, 0.3) is 0 Å². The van der Waals surface area contributed by atoms with Crippen LogP contribution in [0.5, 0.6) is 0 Å². The first-order chi connectivity index (χ1) is 29.6. The van der Waals surface area contributed by atoms with E-state index in [9.17, 15) is 18.3 Å². The highest BCUT2D eigenvalue weighted by Crippen LogP contribution is 2.42. The molecule has 1 aliphatic rings. The largest absolute Gasteiger partial charge is 0.392 e. The lowest BCUT2D eigenvalue weighted by Crippen LogP contribution is -2.47. The van der Waals surface area contributed by atoms with Gasteiger partial charge in [0.2, 0.25) is 15.9 Å². The summed E-state index contributed by atoms with van der Waals surface area (Å²) in [6.07, 6.45) is 1.84. The van der Waals surface area contributed by atoms with Crippen molar-refractivity contribution in [3.05, 3.63) is 191 Å². The molecule has 1 amide bonds. The highest BCUT2D eigenvalue weighted by atomic mass is 32.2. The van der Waals surface area contributed by atoms with Crippen LogP contribution in [0.2, 0.25) is 0 Å². The Morgan fingerprint density at radius 3 is 2.20 bits per heavy atom. The highest BCUT2D eigenvalue weighted by molar-refractivity contribution is 7.89. The molecule has 2 heterocycles. The molecule has 0 aliphatic carbocycles. The van der Waals surface area contributed by atoms with E-state index < -0.39 is 28.3 Å². The molecule has 0 bridgehead atoms. The van der Waals surface area contributed by atoms with E-state index in [0.717, 1.165) is 63.2 Å². The number of carbonyl (C=O) groups excluding carboxylic acids is 1. The molecular formula is C50H54N4O6S. The van der Waals surface area contributed by atoms with Crippen molar-refractivity contribution < 1.29 is 27.8 Å². The van der Waals surface area contributed by atoms with Gasteiger partial charge in [0, 0.05) is 49.4 Å². The Hall–Kier alpha value is -5.53. The van der Waals surface area contributed by atoms with Gasteiger partial charge >= 0.3 is 0 Å². The van der Waals surface area contributed by atoms with Crippen LogP contribution in [0.3, 0.4) is 0 Å². The monoisotopic (exact) mass is 838 g/mol. The predicted molar refractivity (Wildman–Crippen MR) is 238 cm³/mol. The van der Waals surface area contributed by atoms with Crippen LogP contribution in [-0.4, -0.2) is 61.6 Å². The van der Waals surface area contributed by atoms with Gasteiger partial charge in [-0.15, -0.1) is 0 Å². The van der Waals surface area contributed by atoms with Crippen molar-refractivity contribution in [1.82, 2.24) is 19.9 Å². The topological polar surface area (TPSA) is 130 Å². The summed E-state index contributed by atoms with van der Waals surface area (Å²) in [6.45, 7) is 5.75. The lowest BCUT2D eigenvalue weighted by molar-refractivity contribution is -0.275. The fourth-order valence-electron chi connectivity index (χ4n) is 7.67. The van der Waals surface area contributed by atoms with Crippen molar-refractivity contribution in [2.75, 3.05) is 20.1 Å². The SMILES string of the molecule is Cc1ccc(S(=O)(=O)NC(Cc2ccccc2)C(=O)NCc2ccccc2-c2ccc(C3OC(CN(C)CCc4ccccn4)C(C)C(c4ccc(CO)cc4)O3)cc2)cc1. The maximum Gasteiger partial charge on any atom is 0.241 e. The number of aliphatic hydroxyl groups excluding tert-OH is 1. The molecule has 0 saturated carbocycles. The zero-order valence-electron chi connectivity index (χ0n) is 34.9. The molecule has 1 aliphatic heterocycles. The number of ether oxygens (including phenoxy) is 2. The first-order valence-electron chi connectivity index (χ1n) is 20.7. The normalized spacial score (nSPS) is 18.4. The molecule has 1 fully saturated rings. The number of hydrogen-bond donors (Lipinski definition) is 3. The van der Waals surface area contributed by atoms with Crippen molar-refractivity contribution in [2.24, 2.45) is 5.92 Å². The van der Waals surface area contributed by atoms with Crippen LogP contribution in [-0.2, 0) is 50.3 Å². The second-order valence-electron chi connectivity index (χ2n) is 15.8. The van der Waals surface area contributed by atoms with Crippen LogP contribution in [0.4, 0.5) is 0 Å². The molecule has 5 aromatic carbocycles. The van der Waals surface area contributed by atoms with E-state index in [2.05, 4.69) is 33.9 Å². The summed E-state index contributed by atoms with van der Waals surface area (Å²) in [5.74, 6) is -0.386. The van der Waals surface area contributed by atoms with E-state index in [1.165, 1.54) is 0 Å². The number of sulfonamides is 1. The number of aryl methyl sites for hydroxylation is 1. The molecule has 1 aromatic heterocycles. The summed E-state index contributed by atoms with van der Waals surface area (Å²) >= 11 is 0. The lowest BCUT2D eigenvalue weighted by atomic mass is 9.90. The van der Waals surface area contributed by atoms with Crippen molar-refractivity contribution in [3.8, 4) is 11.1 Å². The summed E-state index contributed by atoms with van der Waals surface area (Å²) in [7, 11) is -1.87. The maximum absolute atomic E-state index is 13.8. The van der Waals surface area contributed by atoms with Gasteiger partial charge in [0.1, 0.15) is 6.04 Å². The minimum absolute atomic E-state index is 0.0243. The maximum atomic E-state index is 13.8. The smallest absolute Gasteiger partial charge is 0.241 e. The molecule has 7 rings (SSSR count). The van der Waals surface area contributed by atoms with Crippen LogP contribution in [0.15, 0.2) is 157 Å². The molecule has 0 spiro atoms. The Labute approximate surface area is 359 Å². The van der Waals surface area contributed by atoms with Gasteiger partial charge in [0.05, 0.1) is 23.7 Å². The summed E-state index contributed by atoms with van der Waals surface area (Å²) in [4.78, 5) is 20.7. The first kappa shape index (κ1) is 43.6. The van der Waals surface area contributed by atoms with Gasteiger partial charge in [-0.05, 0) is 78.0 Å². The van der Waals surface area contributed by atoms with Crippen molar-refractivity contribution in [2.45, 2.75) is 69.3 Å². The molecule has 11 heteroatoms. The number of nitrogens with one attached hydrogen (secondary N) is 2. The van der Waals surface area contributed by atoms with E-state index in [1.54, 1.807) is 24.3 Å². The Balaban J connectivity index is 1.07. The quantitative estimate of drug-likeness (QED) is 0.0852. The molecule has 316 valence electrons. The summed E-state index contributed by atoms with van der Waals surface area (Å²) in [5.41, 5.74) is 8.33. The van der Waals surface area contributed by atoms with Gasteiger partial charge in [0.15, 0.2) is 6.29 Å². The molecule has 5 atom stereocenters. The van der Waals surface area contributed by atoms with E-state index in [1.807, 2.05) is 134 Å². The predicted octanol–water partition coefficient (Wildman–Crippen LogP) is 7.72. The molecule has 0 radical (unpaired) electrons. The molecular weight excluding hydrogens is 785 g/mol. The molecule has 6 aromatic rings. The molecule has 3 N–H and O–H groups in total. The first-order valence-corrected chi connectivity index (χ1v) is 22.2. The van der Waals surface area contributed by atoms with E-state index >= 15 is 0 Å². The molecule has 5 unspecified atom stereocenters. The Kier molecular flexibility index (Phi) is 14.5. The second kappa shape index (κ2) is 20.4. The number of amides is 1. The molecule has 61 heavy (non-hydrogen) atoms. The van der Waals surface area contributed by atoms with Gasteiger partial charge in [-0.1, -0.05) is 134 Å². The van der Waals surface area contributed by atoms with Gasteiger partial charge in [-0.3, -0.25) is 9.78 Å². The average Bonchev–Trinajstić information content (AvgIpc) is 3.29. The number of pyridine rings is 1. The zero-order valence-corrected chi connectivity index (χ0v) is 35.7. The summed E-state index contributed by atoms with van der Waals surface area (Å²) in [6, 6.07) is 44.8. The number of hydrogen-bond acceptors (Lipinski definition) is 8. The third kappa shape index (κ3) is 11.4. The number of aromatic nitrogens is 1. The van der Waals surface area contributed by atoms with Gasteiger partial charge in [-0.25, -0.2) is 8.42 Å². The third-order valence-corrected chi connectivity index (χ3v) is 12.8. The Bertz CT molecular complexity index is 2430. The zero-order chi connectivity index (χ0) is 42.8. The van der Waals surface area contributed by atoms with Crippen LogP contribution in [0.1, 0.15) is 58.4 Å². The number of likely N-dealkylation sites (N-methyl/N-ethyl adjacent to an activating group) is 1. The van der Waals surface area contributed by atoms with Gasteiger partial charge in [-0.2, -0.15) is 4.72 Å². The highest BCUT2D eigenvalue weighted by Gasteiger charge is 2.39. The third-order valence-electron chi connectivity index (χ3n) is 11.3. The Morgan fingerprint density at radius 1 is 0.803 bits per heavy atom.